The lowest BCUT2D eigenvalue weighted by Crippen LogP contribution is -2.51. The average Bonchev–Trinajstić information content (AvgIpc) is 3.32. The van der Waals surface area contributed by atoms with Gasteiger partial charge in [-0.15, -0.1) is 0 Å². The summed E-state index contributed by atoms with van der Waals surface area (Å²) in [6.07, 6.45) is -0.437. The van der Waals surface area contributed by atoms with Crippen LogP contribution in [-0.2, 0) is 30.8 Å². The van der Waals surface area contributed by atoms with Gasteiger partial charge in [-0.05, 0) is 29.8 Å². The van der Waals surface area contributed by atoms with Crippen molar-refractivity contribution in [3.05, 3.63) is 64.7 Å². The minimum Gasteiger partial charge on any atom is -0.355 e. The van der Waals surface area contributed by atoms with Gasteiger partial charge in [0.25, 0.3) is 10.0 Å². The molecule has 2 heterocycles. The second kappa shape index (κ2) is 11.2. The highest BCUT2D eigenvalue weighted by Gasteiger charge is 2.33. The topological polar surface area (TPSA) is 119 Å². The molecule has 37 heavy (non-hydrogen) atoms. The summed E-state index contributed by atoms with van der Waals surface area (Å²) >= 11 is 6.01. The summed E-state index contributed by atoms with van der Waals surface area (Å²) < 4.78 is 37.9. The standard InChI is InChI=1S/C25H30ClN5O5S/c1-29(16-24(35-2)36-3)25(27)18-6-4-17(5-7-18)14-30-10-11-31(15-23(30)32)37(33,34)22-13-19-12-20(26)8-9-21(19)28-22/h4-9,12-13,24,27-28H,10-11,14-16H2,1-3H3. The van der Waals surface area contributed by atoms with Crippen LogP contribution in [0.3, 0.4) is 0 Å². The molecular formula is C25H30ClN5O5S. The molecule has 1 aliphatic rings. The molecule has 12 heteroatoms. The number of hydrogen-bond acceptors (Lipinski definition) is 6. The van der Waals surface area contributed by atoms with Crippen LogP contribution in [0, 0.1) is 5.41 Å². The van der Waals surface area contributed by atoms with Crippen molar-refractivity contribution >= 4 is 44.3 Å². The van der Waals surface area contributed by atoms with Gasteiger partial charge in [-0.3, -0.25) is 10.2 Å². The van der Waals surface area contributed by atoms with Crippen molar-refractivity contribution < 1.29 is 22.7 Å². The van der Waals surface area contributed by atoms with E-state index in [1.165, 1.54) is 10.4 Å². The number of ether oxygens (including phenoxy) is 2. The first-order valence-corrected chi connectivity index (χ1v) is 13.4. The van der Waals surface area contributed by atoms with Crippen LogP contribution in [-0.4, -0.2) is 93.0 Å². The predicted molar refractivity (Wildman–Crippen MR) is 141 cm³/mol. The summed E-state index contributed by atoms with van der Waals surface area (Å²) in [5.41, 5.74) is 2.27. The van der Waals surface area contributed by atoms with Gasteiger partial charge in [-0.2, -0.15) is 4.31 Å². The summed E-state index contributed by atoms with van der Waals surface area (Å²) in [4.78, 5) is 19.2. The van der Waals surface area contributed by atoms with Crippen LogP contribution in [0.4, 0.5) is 0 Å². The Morgan fingerprint density at radius 1 is 1.14 bits per heavy atom. The van der Waals surface area contributed by atoms with Gasteiger partial charge < -0.3 is 24.3 Å². The van der Waals surface area contributed by atoms with Crippen LogP contribution in [0.25, 0.3) is 10.9 Å². The van der Waals surface area contributed by atoms with E-state index in [2.05, 4.69) is 4.98 Å². The number of benzene rings is 2. The van der Waals surface area contributed by atoms with Gasteiger partial charge in [0.1, 0.15) is 10.9 Å². The van der Waals surface area contributed by atoms with Crippen molar-refractivity contribution in [1.82, 2.24) is 19.1 Å². The first-order valence-electron chi connectivity index (χ1n) is 11.6. The number of amidine groups is 1. The van der Waals surface area contributed by atoms with Gasteiger partial charge in [-0.25, -0.2) is 8.42 Å². The molecule has 10 nitrogen and oxygen atoms in total. The number of H-pyrrole nitrogens is 1. The maximum atomic E-state index is 13.2. The molecule has 1 saturated heterocycles. The van der Waals surface area contributed by atoms with Crippen molar-refractivity contribution in [1.29, 1.82) is 5.41 Å². The Morgan fingerprint density at radius 3 is 2.49 bits per heavy atom. The first kappa shape index (κ1) is 27.1. The molecule has 2 aromatic carbocycles. The molecule has 0 spiro atoms. The fraction of sp³-hybridized carbons (Fsp3) is 0.360. The van der Waals surface area contributed by atoms with E-state index in [4.69, 9.17) is 26.5 Å². The fourth-order valence-electron chi connectivity index (χ4n) is 4.18. The molecule has 4 rings (SSSR count). The summed E-state index contributed by atoms with van der Waals surface area (Å²) in [7, 11) is 1.03. The first-order chi connectivity index (χ1) is 17.6. The highest BCUT2D eigenvalue weighted by molar-refractivity contribution is 7.89. The third-order valence-electron chi connectivity index (χ3n) is 6.39. The van der Waals surface area contributed by atoms with Crippen LogP contribution >= 0.6 is 11.6 Å². The summed E-state index contributed by atoms with van der Waals surface area (Å²) in [5.74, 6) is 0.0514. The van der Waals surface area contributed by atoms with E-state index in [1.807, 2.05) is 24.3 Å². The summed E-state index contributed by atoms with van der Waals surface area (Å²) in [6, 6.07) is 14.0. The fourth-order valence-corrected chi connectivity index (χ4v) is 5.76. The number of aromatic nitrogens is 1. The number of rotatable bonds is 9. The zero-order valence-corrected chi connectivity index (χ0v) is 22.5. The van der Waals surface area contributed by atoms with E-state index in [1.54, 1.807) is 49.3 Å². The number of methoxy groups -OCH3 is 2. The zero-order chi connectivity index (χ0) is 26.7. The lowest BCUT2D eigenvalue weighted by molar-refractivity contribution is -0.134. The van der Waals surface area contributed by atoms with Crippen molar-refractivity contribution in [2.75, 3.05) is 47.4 Å². The van der Waals surface area contributed by atoms with E-state index in [0.29, 0.717) is 34.9 Å². The number of halogens is 1. The quantitative estimate of drug-likeness (QED) is 0.241. The minimum absolute atomic E-state index is 0.0383. The number of likely N-dealkylation sites (N-methyl/N-ethyl adjacent to an activating group) is 1. The number of piperazine rings is 1. The lowest BCUT2D eigenvalue weighted by atomic mass is 10.1. The van der Waals surface area contributed by atoms with Crippen molar-refractivity contribution in [2.45, 2.75) is 17.9 Å². The molecule has 0 radical (unpaired) electrons. The van der Waals surface area contributed by atoms with Crippen LogP contribution < -0.4 is 0 Å². The maximum Gasteiger partial charge on any atom is 0.259 e. The number of amides is 1. The summed E-state index contributed by atoms with van der Waals surface area (Å²) in [5, 5.41) is 9.66. The number of sulfonamides is 1. The van der Waals surface area contributed by atoms with Gasteiger partial charge >= 0.3 is 0 Å². The SMILES string of the molecule is COC(CN(C)C(=N)c1ccc(CN2CCN(S(=O)(=O)c3cc4cc(Cl)ccc4[nH]3)CC2=O)cc1)OC. The molecule has 0 bridgehead atoms. The molecule has 0 aliphatic carbocycles. The van der Waals surface area contributed by atoms with Crippen LogP contribution in [0.15, 0.2) is 53.6 Å². The number of aromatic amines is 1. The second-order valence-electron chi connectivity index (χ2n) is 8.85. The Kier molecular flexibility index (Phi) is 8.20. The van der Waals surface area contributed by atoms with Crippen molar-refractivity contribution in [3.63, 3.8) is 0 Å². The minimum atomic E-state index is -3.86. The maximum absolute atomic E-state index is 13.2. The van der Waals surface area contributed by atoms with Crippen molar-refractivity contribution in [2.24, 2.45) is 0 Å². The molecule has 2 N–H and O–H groups in total. The smallest absolute Gasteiger partial charge is 0.259 e. The normalized spacial score (nSPS) is 15.1. The number of nitrogens with one attached hydrogen (secondary N) is 2. The van der Waals surface area contributed by atoms with Gasteiger partial charge in [0.05, 0.1) is 13.1 Å². The van der Waals surface area contributed by atoms with E-state index in [-0.39, 0.29) is 30.6 Å². The lowest BCUT2D eigenvalue weighted by Gasteiger charge is -2.33. The Morgan fingerprint density at radius 2 is 1.84 bits per heavy atom. The van der Waals surface area contributed by atoms with Crippen molar-refractivity contribution in [3.8, 4) is 0 Å². The molecule has 1 amide bonds. The van der Waals surface area contributed by atoms with Crippen LogP contribution in [0.5, 0.6) is 0 Å². The highest BCUT2D eigenvalue weighted by atomic mass is 35.5. The van der Waals surface area contributed by atoms with E-state index < -0.39 is 16.3 Å². The van der Waals surface area contributed by atoms with E-state index >= 15 is 0 Å². The molecule has 1 fully saturated rings. The van der Waals surface area contributed by atoms with Gasteiger partial charge in [0.2, 0.25) is 5.91 Å². The second-order valence-corrected chi connectivity index (χ2v) is 11.2. The number of carbonyl (C=O) groups is 1. The Balaban J connectivity index is 1.37. The average molecular weight is 548 g/mol. The number of carbonyl (C=O) groups excluding carboxylic acids is 1. The molecule has 1 aromatic heterocycles. The number of hydrogen-bond donors (Lipinski definition) is 2. The van der Waals surface area contributed by atoms with Crippen LogP contribution in [0.2, 0.25) is 5.02 Å². The van der Waals surface area contributed by atoms with Crippen LogP contribution in [0.1, 0.15) is 11.1 Å². The highest BCUT2D eigenvalue weighted by Crippen LogP contribution is 2.25. The van der Waals surface area contributed by atoms with Gasteiger partial charge in [-0.1, -0.05) is 35.9 Å². The molecule has 0 atom stereocenters. The molecule has 198 valence electrons. The predicted octanol–water partition coefficient (Wildman–Crippen LogP) is 2.73. The van der Waals surface area contributed by atoms with E-state index in [0.717, 1.165) is 11.1 Å². The number of nitrogens with zero attached hydrogens (tertiary/aromatic N) is 3. The zero-order valence-electron chi connectivity index (χ0n) is 20.9. The van der Waals surface area contributed by atoms with Gasteiger partial charge in [0.15, 0.2) is 6.29 Å². The molecule has 0 unspecified atom stereocenters. The monoisotopic (exact) mass is 547 g/mol. The third kappa shape index (κ3) is 5.97. The largest absolute Gasteiger partial charge is 0.355 e. The molecular weight excluding hydrogens is 518 g/mol. The Bertz CT molecular complexity index is 1390. The number of fused-ring (bicyclic) bond motifs is 1. The Hall–Kier alpha value is -2.96. The third-order valence-corrected chi connectivity index (χ3v) is 8.39. The van der Waals surface area contributed by atoms with E-state index in [9.17, 15) is 13.2 Å². The summed E-state index contributed by atoms with van der Waals surface area (Å²) in [6.45, 7) is 1.00. The van der Waals surface area contributed by atoms with Gasteiger partial charge in [0, 0.05) is 62.4 Å². The molecule has 1 aliphatic heterocycles. The Labute approximate surface area is 221 Å². The molecule has 3 aromatic rings. The molecule has 0 saturated carbocycles.